The highest BCUT2D eigenvalue weighted by atomic mass is 16.6. The number of rotatable bonds is 7. The minimum Gasteiger partial charge on any atom is -0.439 e. The van der Waals surface area contributed by atoms with E-state index < -0.39 is 47.3 Å². The normalized spacial score (nSPS) is 30.8. The highest BCUT2D eigenvalue weighted by molar-refractivity contribution is 6.38. The number of ether oxygens (including phenoxy) is 1. The Kier molecular flexibility index (Phi) is 14.2. The summed E-state index contributed by atoms with van der Waals surface area (Å²) in [6, 6.07) is 2.49. The van der Waals surface area contributed by atoms with Gasteiger partial charge >= 0.3 is 6.09 Å². The summed E-state index contributed by atoms with van der Waals surface area (Å²) < 4.78 is 6.01. The quantitative estimate of drug-likeness (QED) is 0.155. The van der Waals surface area contributed by atoms with Crippen molar-refractivity contribution in [1.29, 1.82) is 0 Å². The summed E-state index contributed by atoms with van der Waals surface area (Å²) in [5.74, 6) is -1.71. The SMILES string of the molecule is C/C(=C\C=C\C(C)c1ccnc(N2CCCC2)n1)[C@H]1C(=O)C(=O)C[C@@H](O)CC[C@](C)(O)[C@@H](OC(=O)N2CCN(C3CCCCCC3)CC2)/C=C/[C@@H]1C. The number of aliphatic hydroxyl groups excluding tert-OH is 1. The molecule has 1 unspecified atom stereocenters. The van der Waals surface area contributed by atoms with Crippen molar-refractivity contribution in [2.45, 2.75) is 128 Å². The predicted octanol–water partition coefficient (Wildman–Crippen LogP) is 5.77. The lowest BCUT2D eigenvalue weighted by molar-refractivity contribution is -0.140. The van der Waals surface area contributed by atoms with Crippen molar-refractivity contribution in [3.05, 3.63) is 53.9 Å². The fraction of sp³-hybridized carbons (Fsp3) is 0.683. The number of carbonyl (C=O) groups is 3. The number of Topliss-reactive ketones (excluding diaryl/α,β-unsaturated/α-hetero) is 2. The lowest BCUT2D eigenvalue weighted by Crippen LogP contribution is -2.53. The smallest absolute Gasteiger partial charge is 0.410 e. The summed E-state index contributed by atoms with van der Waals surface area (Å²) in [7, 11) is 0. The van der Waals surface area contributed by atoms with Crippen LogP contribution in [0.15, 0.2) is 48.2 Å². The third kappa shape index (κ3) is 10.6. The first-order valence-corrected chi connectivity index (χ1v) is 19.7. The second-order valence-electron chi connectivity index (χ2n) is 15.8. The molecule has 11 heteroatoms. The lowest BCUT2D eigenvalue weighted by atomic mass is 9.79. The minimum absolute atomic E-state index is 0.00743. The number of aromatic nitrogens is 2. The molecule has 2 saturated heterocycles. The number of carbonyl (C=O) groups excluding carboxylic acids is 3. The van der Waals surface area contributed by atoms with Crippen LogP contribution in [0.25, 0.3) is 0 Å². The Labute approximate surface area is 310 Å². The average molecular weight is 720 g/mol. The summed E-state index contributed by atoms with van der Waals surface area (Å²) >= 11 is 0. The van der Waals surface area contributed by atoms with E-state index in [-0.39, 0.29) is 25.2 Å². The number of hydrogen-bond donors (Lipinski definition) is 2. The van der Waals surface area contributed by atoms with Gasteiger partial charge in [0.1, 0.15) is 5.60 Å². The molecule has 11 nitrogen and oxygen atoms in total. The molecule has 1 aromatic heterocycles. The maximum Gasteiger partial charge on any atom is 0.410 e. The second-order valence-corrected chi connectivity index (χ2v) is 15.8. The van der Waals surface area contributed by atoms with E-state index in [1.54, 1.807) is 30.2 Å². The fourth-order valence-electron chi connectivity index (χ4n) is 8.15. The molecule has 3 heterocycles. The van der Waals surface area contributed by atoms with Crippen LogP contribution in [-0.4, -0.2) is 111 Å². The predicted molar refractivity (Wildman–Crippen MR) is 202 cm³/mol. The van der Waals surface area contributed by atoms with E-state index in [1.807, 2.05) is 38.1 Å². The Hall–Kier alpha value is -3.41. The maximum absolute atomic E-state index is 13.7. The van der Waals surface area contributed by atoms with E-state index in [2.05, 4.69) is 21.7 Å². The Bertz CT molecular complexity index is 1450. The first-order chi connectivity index (χ1) is 24.9. The molecule has 0 radical (unpaired) electrons. The van der Waals surface area contributed by atoms with Gasteiger partial charge in [-0.15, -0.1) is 0 Å². The number of nitrogens with zero attached hydrogens (tertiary/aromatic N) is 5. The van der Waals surface area contributed by atoms with Crippen LogP contribution < -0.4 is 4.90 Å². The molecule has 6 atom stereocenters. The number of amides is 1. The molecule has 1 amide bonds. The van der Waals surface area contributed by atoms with Crippen LogP contribution in [0.5, 0.6) is 0 Å². The van der Waals surface area contributed by atoms with Gasteiger partial charge in [-0.3, -0.25) is 14.5 Å². The molecule has 5 rings (SSSR count). The molecule has 2 aliphatic heterocycles. The topological polar surface area (TPSA) is 136 Å². The van der Waals surface area contributed by atoms with E-state index in [0.29, 0.717) is 24.7 Å². The second kappa shape index (κ2) is 18.6. The molecule has 52 heavy (non-hydrogen) atoms. The van der Waals surface area contributed by atoms with E-state index in [0.717, 1.165) is 50.7 Å². The summed E-state index contributed by atoms with van der Waals surface area (Å²) in [5.41, 5.74) is 0.0876. The summed E-state index contributed by atoms with van der Waals surface area (Å²) in [6.07, 6.45) is 18.0. The van der Waals surface area contributed by atoms with Crippen molar-refractivity contribution >= 4 is 23.6 Å². The van der Waals surface area contributed by atoms with Gasteiger partial charge in [0.2, 0.25) is 17.5 Å². The summed E-state index contributed by atoms with van der Waals surface area (Å²) in [4.78, 5) is 56.0. The number of allylic oxidation sites excluding steroid dienone is 5. The molecule has 0 spiro atoms. The van der Waals surface area contributed by atoms with Gasteiger partial charge < -0.3 is 24.7 Å². The lowest BCUT2D eigenvalue weighted by Gasteiger charge is -2.40. The summed E-state index contributed by atoms with van der Waals surface area (Å²) in [6.45, 7) is 12.0. The van der Waals surface area contributed by atoms with Crippen LogP contribution in [0.1, 0.15) is 110 Å². The number of anilines is 1. The summed E-state index contributed by atoms with van der Waals surface area (Å²) in [5, 5.41) is 22.4. The van der Waals surface area contributed by atoms with Gasteiger partial charge in [0.15, 0.2) is 6.10 Å². The Morgan fingerprint density at radius 3 is 2.38 bits per heavy atom. The molecule has 3 fully saturated rings. The maximum atomic E-state index is 13.7. The molecule has 2 aliphatic carbocycles. The van der Waals surface area contributed by atoms with Crippen molar-refractivity contribution < 1.29 is 29.3 Å². The third-order valence-corrected chi connectivity index (χ3v) is 11.6. The molecule has 2 N–H and O–H groups in total. The average Bonchev–Trinajstić information content (AvgIpc) is 3.54. The number of hydrogen-bond acceptors (Lipinski definition) is 10. The largest absolute Gasteiger partial charge is 0.439 e. The first kappa shape index (κ1) is 39.8. The van der Waals surface area contributed by atoms with Gasteiger partial charge in [-0.25, -0.2) is 14.8 Å². The zero-order valence-corrected chi connectivity index (χ0v) is 31.8. The number of aliphatic hydroxyl groups is 2. The zero-order chi connectivity index (χ0) is 37.3. The fourth-order valence-corrected chi connectivity index (χ4v) is 8.15. The molecule has 0 bridgehead atoms. The third-order valence-electron chi connectivity index (χ3n) is 11.6. The van der Waals surface area contributed by atoms with Crippen LogP contribution in [0.2, 0.25) is 0 Å². The molecule has 4 aliphatic rings. The monoisotopic (exact) mass is 719 g/mol. The van der Waals surface area contributed by atoms with Crippen molar-refractivity contribution in [2.75, 3.05) is 44.2 Å². The zero-order valence-electron chi connectivity index (χ0n) is 31.8. The van der Waals surface area contributed by atoms with Gasteiger partial charge in [0.25, 0.3) is 0 Å². The highest BCUT2D eigenvalue weighted by Crippen LogP contribution is 2.30. The van der Waals surface area contributed by atoms with Gasteiger partial charge in [0.05, 0.1) is 17.7 Å². The molecular weight excluding hydrogens is 658 g/mol. The number of ketones is 2. The molecule has 1 saturated carbocycles. The van der Waals surface area contributed by atoms with Crippen LogP contribution in [0, 0.1) is 11.8 Å². The minimum atomic E-state index is -1.50. The molecule has 286 valence electrons. The van der Waals surface area contributed by atoms with E-state index >= 15 is 0 Å². The van der Waals surface area contributed by atoms with Gasteiger partial charge in [0, 0.05) is 63.8 Å². The van der Waals surface area contributed by atoms with Crippen molar-refractivity contribution in [3.63, 3.8) is 0 Å². The van der Waals surface area contributed by atoms with E-state index in [1.165, 1.54) is 38.5 Å². The van der Waals surface area contributed by atoms with E-state index in [4.69, 9.17) is 9.72 Å². The van der Waals surface area contributed by atoms with Crippen LogP contribution >= 0.6 is 0 Å². The van der Waals surface area contributed by atoms with Crippen LogP contribution in [-0.2, 0) is 14.3 Å². The van der Waals surface area contributed by atoms with Gasteiger partial charge in [-0.05, 0) is 70.4 Å². The van der Waals surface area contributed by atoms with E-state index in [9.17, 15) is 24.6 Å². The van der Waals surface area contributed by atoms with Crippen molar-refractivity contribution in [2.24, 2.45) is 11.8 Å². The first-order valence-electron chi connectivity index (χ1n) is 19.7. The Morgan fingerprint density at radius 1 is 1.00 bits per heavy atom. The highest BCUT2D eigenvalue weighted by Gasteiger charge is 2.38. The number of piperazine rings is 1. The molecule has 0 aromatic carbocycles. The van der Waals surface area contributed by atoms with Gasteiger partial charge in [-0.2, -0.15) is 0 Å². The van der Waals surface area contributed by atoms with Crippen LogP contribution in [0.4, 0.5) is 10.7 Å². The molecular formula is C41H61N5O6. The van der Waals surface area contributed by atoms with Gasteiger partial charge in [-0.1, -0.05) is 69.4 Å². The van der Waals surface area contributed by atoms with Crippen molar-refractivity contribution in [3.8, 4) is 0 Å². The standard InChI is InChI=1S/C41H61N5O6/c1-29(34-19-21-42-39(43-34)45-22-9-10-23-45)12-11-13-30(2)37-31(3)16-17-36(41(4,51)20-18-33(47)28-35(48)38(37)49)52-40(50)46-26-24-44(25-27-46)32-14-7-5-6-8-15-32/h11-13,16-17,19,21,29,31-33,36-37,47,51H,5-10,14-15,18,20,22-28H2,1-4H3/b12-11+,17-16+,30-13+/t29?,31-,33-,36-,37+,41-/m0/s1. The molecule has 1 aromatic rings. The van der Waals surface area contributed by atoms with Crippen LogP contribution in [0.3, 0.4) is 0 Å². The Morgan fingerprint density at radius 2 is 1.69 bits per heavy atom. The Balaban J connectivity index is 1.29. The van der Waals surface area contributed by atoms with Crippen molar-refractivity contribution in [1.82, 2.24) is 19.8 Å².